The summed E-state index contributed by atoms with van der Waals surface area (Å²) in [6.45, 7) is 3.00. The molecule has 1 saturated heterocycles. The number of carbonyl (C=O) groups is 1. The van der Waals surface area contributed by atoms with Crippen molar-refractivity contribution in [3.8, 4) is 0 Å². The van der Waals surface area contributed by atoms with Crippen LogP contribution in [0.25, 0.3) is 0 Å². The van der Waals surface area contributed by atoms with Gasteiger partial charge in [-0.1, -0.05) is 30.1 Å². The fraction of sp³-hybridized carbons (Fsp3) is 0.591. The Morgan fingerprint density at radius 2 is 2.03 bits per heavy atom. The maximum atomic E-state index is 13.0. The normalized spacial score (nSPS) is 19.5. The van der Waals surface area contributed by atoms with Gasteiger partial charge in [-0.05, 0) is 42.9 Å². The van der Waals surface area contributed by atoms with Gasteiger partial charge in [-0.25, -0.2) is 9.18 Å². The summed E-state index contributed by atoms with van der Waals surface area (Å²) >= 11 is 0. The number of likely N-dealkylation sites (tertiary alicyclic amines) is 1. The van der Waals surface area contributed by atoms with E-state index < -0.39 is 0 Å². The molecule has 2 fully saturated rings. The lowest BCUT2D eigenvalue weighted by atomic mass is 10.1. The number of nitrogens with one attached hydrogen (secondary N) is 1. The summed E-state index contributed by atoms with van der Waals surface area (Å²) in [7, 11) is 0. The van der Waals surface area contributed by atoms with Gasteiger partial charge in [0.25, 0.3) is 0 Å². The fourth-order valence-electron chi connectivity index (χ4n) is 4.16. The number of nitrogens with zero attached hydrogens (tertiary/aromatic N) is 3. The molecule has 1 aromatic heterocycles. The molecule has 2 heterocycles. The Morgan fingerprint density at radius 3 is 2.83 bits per heavy atom. The number of halogens is 1. The minimum Gasteiger partial charge on any atom is -0.381 e. The van der Waals surface area contributed by atoms with Crippen molar-refractivity contribution in [1.29, 1.82) is 0 Å². The van der Waals surface area contributed by atoms with Crippen LogP contribution in [0.4, 0.5) is 9.18 Å². The highest BCUT2D eigenvalue weighted by atomic mass is 19.1. The molecule has 0 bridgehead atoms. The van der Waals surface area contributed by atoms with E-state index in [0.29, 0.717) is 50.3 Å². The molecule has 1 aliphatic heterocycles. The van der Waals surface area contributed by atoms with Crippen molar-refractivity contribution in [3.05, 3.63) is 47.4 Å². The third-order valence-corrected chi connectivity index (χ3v) is 5.96. The zero-order chi connectivity index (χ0) is 20.8. The van der Waals surface area contributed by atoms with Gasteiger partial charge in [0.2, 0.25) is 5.89 Å². The smallest absolute Gasteiger partial charge is 0.317 e. The molecule has 0 spiro atoms. The zero-order valence-corrected chi connectivity index (χ0v) is 17.2. The second-order valence-electron chi connectivity index (χ2n) is 8.24. The van der Waals surface area contributed by atoms with Crippen LogP contribution in [0.3, 0.4) is 0 Å². The largest absolute Gasteiger partial charge is 0.381 e. The SMILES string of the molecule is O=C(NCc1ccc(F)cc1)N1CCC(c2nc(CCOCC3CCCC3)no2)C1. The summed E-state index contributed by atoms with van der Waals surface area (Å²) in [6, 6.07) is 5.97. The number of carbonyl (C=O) groups excluding carboxylic acids is 1. The Bertz CT molecular complexity index is 820. The fourth-order valence-corrected chi connectivity index (χ4v) is 4.16. The van der Waals surface area contributed by atoms with E-state index in [1.807, 2.05) is 0 Å². The lowest BCUT2D eigenvalue weighted by Crippen LogP contribution is -2.37. The summed E-state index contributed by atoms with van der Waals surface area (Å²) in [4.78, 5) is 18.7. The van der Waals surface area contributed by atoms with Gasteiger partial charge in [0.05, 0.1) is 12.5 Å². The van der Waals surface area contributed by atoms with E-state index in [1.165, 1.54) is 37.8 Å². The Labute approximate surface area is 176 Å². The quantitative estimate of drug-likeness (QED) is 0.665. The zero-order valence-electron chi connectivity index (χ0n) is 17.2. The number of urea groups is 1. The molecule has 4 rings (SSSR count). The van der Waals surface area contributed by atoms with Gasteiger partial charge in [-0.3, -0.25) is 0 Å². The van der Waals surface area contributed by atoms with Gasteiger partial charge >= 0.3 is 6.03 Å². The molecular formula is C22H29FN4O3. The average molecular weight is 416 g/mol. The Balaban J connectivity index is 1.18. The Hall–Kier alpha value is -2.48. The number of ether oxygens (including phenoxy) is 1. The van der Waals surface area contributed by atoms with Gasteiger partial charge < -0.3 is 19.5 Å². The first kappa shape index (κ1) is 20.8. The Kier molecular flexibility index (Phi) is 6.94. The monoisotopic (exact) mass is 416 g/mol. The average Bonchev–Trinajstić information content (AvgIpc) is 3.52. The van der Waals surface area contributed by atoms with Gasteiger partial charge in [-0.2, -0.15) is 4.98 Å². The molecule has 8 heteroatoms. The molecule has 2 amide bonds. The topological polar surface area (TPSA) is 80.5 Å². The molecule has 1 N–H and O–H groups in total. The minimum absolute atomic E-state index is 0.0576. The van der Waals surface area contributed by atoms with Crippen LogP contribution in [-0.2, 0) is 17.7 Å². The summed E-state index contributed by atoms with van der Waals surface area (Å²) in [6.07, 6.45) is 6.65. The van der Waals surface area contributed by atoms with Crippen LogP contribution in [-0.4, -0.2) is 47.4 Å². The van der Waals surface area contributed by atoms with Gasteiger partial charge in [0.15, 0.2) is 5.82 Å². The summed E-state index contributed by atoms with van der Waals surface area (Å²) in [5.41, 5.74) is 0.859. The van der Waals surface area contributed by atoms with E-state index >= 15 is 0 Å². The lowest BCUT2D eigenvalue weighted by Gasteiger charge is -2.16. The van der Waals surface area contributed by atoms with Crippen LogP contribution in [0.1, 0.15) is 55.3 Å². The first-order valence-electron chi connectivity index (χ1n) is 10.8. The maximum absolute atomic E-state index is 13.0. The van der Waals surface area contributed by atoms with Crippen molar-refractivity contribution in [2.24, 2.45) is 5.92 Å². The van der Waals surface area contributed by atoms with Crippen LogP contribution in [0.2, 0.25) is 0 Å². The number of hydrogen-bond acceptors (Lipinski definition) is 5. The highest BCUT2D eigenvalue weighted by Crippen LogP contribution is 2.26. The van der Waals surface area contributed by atoms with Crippen LogP contribution in [0.15, 0.2) is 28.8 Å². The van der Waals surface area contributed by atoms with Crippen LogP contribution in [0.5, 0.6) is 0 Å². The highest BCUT2D eigenvalue weighted by molar-refractivity contribution is 5.74. The molecule has 2 aliphatic rings. The van der Waals surface area contributed by atoms with Crippen molar-refractivity contribution in [2.75, 3.05) is 26.3 Å². The Morgan fingerprint density at radius 1 is 1.23 bits per heavy atom. The van der Waals surface area contributed by atoms with E-state index in [-0.39, 0.29) is 17.8 Å². The summed E-state index contributed by atoms with van der Waals surface area (Å²) in [5.74, 6) is 1.74. The molecule has 30 heavy (non-hydrogen) atoms. The molecule has 0 radical (unpaired) electrons. The molecule has 1 aliphatic carbocycles. The molecule has 162 valence electrons. The molecule has 1 saturated carbocycles. The van der Waals surface area contributed by atoms with Gasteiger partial charge in [0, 0.05) is 32.7 Å². The van der Waals surface area contributed by atoms with Crippen LogP contribution >= 0.6 is 0 Å². The summed E-state index contributed by atoms with van der Waals surface area (Å²) in [5, 5.41) is 6.94. The van der Waals surface area contributed by atoms with E-state index in [1.54, 1.807) is 17.0 Å². The van der Waals surface area contributed by atoms with E-state index in [2.05, 4.69) is 15.5 Å². The second kappa shape index (κ2) is 10.0. The third kappa shape index (κ3) is 5.56. The minimum atomic E-state index is -0.285. The van der Waals surface area contributed by atoms with Gasteiger partial charge in [0.1, 0.15) is 5.82 Å². The molecular weight excluding hydrogens is 387 g/mol. The number of hydrogen-bond donors (Lipinski definition) is 1. The summed E-state index contributed by atoms with van der Waals surface area (Å²) < 4.78 is 24.2. The molecule has 1 atom stereocenters. The van der Waals surface area contributed by atoms with Crippen molar-refractivity contribution < 1.29 is 18.4 Å². The molecule has 1 unspecified atom stereocenters. The maximum Gasteiger partial charge on any atom is 0.317 e. The van der Waals surface area contributed by atoms with Crippen LogP contribution < -0.4 is 5.32 Å². The first-order valence-corrected chi connectivity index (χ1v) is 10.8. The van der Waals surface area contributed by atoms with Crippen LogP contribution in [0, 0.1) is 11.7 Å². The van der Waals surface area contributed by atoms with Crippen molar-refractivity contribution >= 4 is 6.03 Å². The third-order valence-electron chi connectivity index (χ3n) is 5.96. The van der Waals surface area contributed by atoms with E-state index in [0.717, 1.165) is 18.6 Å². The van der Waals surface area contributed by atoms with Crippen molar-refractivity contribution in [2.45, 2.75) is 51.0 Å². The standard InChI is InChI=1S/C22H29FN4O3/c23-19-7-5-16(6-8-19)13-24-22(28)27-11-9-18(14-27)21-25-20(26-30-21)10-12-29-15-17-3-1-2-4-17/h5-8,17-18H,1-4,9-15H2,(H,24,28). The predicted molar refractivity (Wildman–Crippen MR) is 108 cm³/mol. The van der Waals surface area contributed by atoms with Gasteiger partial charge in [-0.15, -0.1) is 0 Å². The molecule has 2 aromatic rings. The van der Waals surface area contributed by atoms with Crippen molar-refractivity contribution in [3.63, 3.8) is 0 Å². The number of amides is 2. The molecule has 1 aromatic carbocycles. The van der Waals surface area contributed by atoms with E-state index in [9.17, 15) is 9.18 Å². The lowest BCUT2D eigenvalue weighted by molar-refractivity contribution is 0.102. The number of rotatable bonds is 8. The highest BCUT2D eigenvalue weighted by Gasteiger charge is 2.31. The number of benzene rings is 1. The van der Waals surface area contributed by atoms with E-state index in [4.69, 9.17) is 9.26 Å². The molecule has 7 nitrogen and oxygen atoms in total. The predicted octanol–water partition coefficient (Wildman–Crippen LogP) is 3.66. The van der Waals surface area contributed by atoms with Crippen molar-refractivity contribution in [1.82, 2.24) is 20.4 Å². The number of aromatic nitrogens is 2. The second-order valence-corrected chi connectivity index (χ2v) is 8.24. The first-order chi connectivity index (χ1) is 14.7.